The van der Waals surface area contributed by atoms with Gasteiger partial charge >= 0.3 is 0 Å². The molecule has 0 saturated carbocycles. The molecule has 27 heavy (non-hydrogen) atoms. The fraction of sp³-hybridized carbons (Fsp3) is 0.316. The molecule has 2 aromatic carbocycles. The van der Waals surface area contributed by atoms with E-state index >= 15 is 0 Å². The minimum absolute atomic E-state index is 0.119. The molecule has 0 aliphatic carbocycles. The van der Waals surface area contributed by atoms with E-state index in [1.165, 1.54) is 24.3 Å². The minimum atomic E-state index is -3.94. The van der Waals surface area contributed by atoms with Gasteiger partial charge in [-0.15, -0.1) is 0 Å². The number of nitrogens with zero attached hydrogens (tertiary/aromatic N) is 2. The molecule has 0 radical (unpaired) electrons. The Morgan fingerprint density at radius 2 is 1.67 bits per heavy atom. The quantitative estimate of drug-likeness (QED) is 0.722. The third kappa shape index (κ3) is 4.39. The van der Waals surface area contributed by atoms with Gasteiger partial charge in [-0.2, -0.15) is 0 Å². The number of halogens is 2. The number of anilines is 1. The molecule has 1 amide bonds. The van der Waals surface area contributed by atoms with Gasteiger partial charge in [0, 0.05) is 13.1 Å². The number of likely N-dealkylation sites (tertiary alicyclic amines) is 1. The van der Waals surface area contributed by atoms with E-state index in [9.17, 15) is 13.2 Å². The highest BCUT2D eigenvalue weighted by Crippen LogP contribution is 2.30. The zero-order valence-electron chi connectivity index (χ0n) is 14.9. The van der Waals surface area contributed by atoms with Gasteiger partial charge in [0.05, 0.1) is 20.6 Å². The van der Waals surface area contributed by atoms with Gasteiger partial charge in [0.1, 0.15) is 6.54 Å². The van der Waals surface area contributed by atoms with Crippen molar-refractivity contribution in [2.45, 2.75) is 24.7 Å². The summed E-state index contributed by atoms with van der Waals surface area (Å²) in [6, 6.07) is 11.1. The Balaban J connectivity index is 2.01. The molecular weight excluding hydrogens is 407 g/mol. The topological polar surface area (TPSA) is 57.7 Å². The Labute approximate surface area is 169 Å². The van der Waals surface area contributed by atoms with Crippen LogP contribution in [-0.4, -0.2) is 38.9 Å². The summed E-state index contributed by atoms with van der Waals surface area (Å²) < 4.78 is 27.6. The van der Waals surface area contributed by atoms with Crippen LogP contribution in [0.4, 0.5) is 5.69 Å². The summed E-state index contributed by atoms with van der Waals surface area (Å²) >= 11 is 12.1. The Kier molecular flexibility index (Phi) is 5.99. The molecule has 1 aliphatic heterocycles. The number of rotatable bonds is 5. The fourth-order valence-corrected chi connectivity index (χ4v) is 4.68. The highest BCUT2D eigenvalue weighted by Gasteiger charge is 2.30. The zero-order chi connectivity index (χ0) is 19.6. The molecular formula is C19H20Cl2N2O3S. The van der Waals surface area contributed by atoms with Crippen LogP contribution in [0.2, 0.25) is 10.0 Å². The lowest BCUT2D eigenvalue weighted by atomic mass is 10.2. The van der Waals surface area contributed by atoms with Crippen molar-refractivity contribution < 1.29 is 13.2 Å². The van der Waals surface area contributed by atoms with Gasteiger partial charge in [0.15, 0.2) is 0 Å². The molecule has 1 heterocycles. The lowest BCUT2D eigenvalue weighted by molar-refractivity contribution is -0.128. The molecule has 1 fully saturated rings. The summed E-state index contributed by atoms with van der Waals surface area (Å²) in [4.78, 5) is 14.5. The molecule has 1 aliphatic rings. The number of amides is 1. The van der Waals surface area contributed by atoms with Crippen LogP contribution >= 0.6 is 23.2 Å². The molecule has 1 saturated heterocycles. The van der Waals surface area contributed by atoms with Crippen molar-refractivity contribution in [3.63, 3.8) is 0 Å². The van der Waals surface area contributed by atoms with E-state index in [-0.39, 0.29) is 22.4 Å². The smallest absolute Gasteiger partial charge is 0.264 e. The summed E-state index contributed by atoms with van der Waals surface area (Å²) in [5.74, 6) is -0.228. The van der Waals surface area contributed by atoms with Gasteiger partial charge in [-0.1, -0.05) is 40.9 Å². The first-order valence-corrected chi connectivity index (χ1v) is 10.8. The van der Waals surface area contributed by atoms with Crippen LogP contribution in [0.15, 0.2) is 47.4 Å². The Bertz CT molecular complexity index is 940. The van der Waals surface area contributed by atoms with E-state index in [1.807, 2.05) is 6.92 Å². The molecule has 0 aromatic heterocycles. The lowest BCUT2D eigenvalue weighted by Crippen LogP contribution is -2.42. The van der Waals surface area contributed by atoms with Gasteiger partial charge in [0.2, 0.25) is 5.91 Å². The van der Waals surface area contributed by atoms with Gasteiger partial charge < -0.3 is 4.90 Å². The second kappa shape index (κ2) is 8.09. The van der Waals surface area contributed by atoms with Crippen molar-refractivity contribution in [1.29, 1.82) is 0 Å². The van der Waals surface area contributed by atoms with E-state index in [0.717, 1.165) is 22.7 Å². The van der Waals surface area contributed by atoms with E-state index in [2.05, 4.69) is 0 Å². The van der Waals surface area contributed by atoms with Gasteiger partial charge in [-0.25, -0.2) is 8.42 Å². The standard InChI is InChI=1S/C19H20Cl2N2O3S/c1-14-4-7-16(8-5-14)27(25,26)23(13-19(24)22-10-2-3-11-22)15-6-9-17(20)18(21)12-15/h4-9,12H,2-3,10-11,13H2,1H3. The van der Waals surface area contributed by atoms with Crippen LogP contribution in [0, 0.1) is 6.92 Å². The van der Waals surface area contributed by atoms with Gasteiger partial charge in [-0.3, -0.25) is 9.10 Å². The largest absolute Gasteiger partial charge is 0.341 e. The van der Waals surface area contributed by atoms with Crippen molar-refractivity contribution in [1.82, 2.24) is 4.90 Å². The van der Waals surface area contributed by atoms with E-state index < -0.39 is 10.0 Å². The summed E-state index contributed by atoms with van der Waals surface area (Å²) in [6.45, 7) is 2.90. The first-order valence-electron chi connectivity index (χ1n) is 8.61. The second-order valence-corrected chi connectivity index (χ2v) is 9.19. The number of hydrogen-bond donors (Lipinski definition) is 0. The summed E-state index contributed by atoms with van der Waals surface area (Å²) in [7, 11) is -3.94. The molecule has 0 bridgehead atoms. The molecule has 0 unspecified atom stereocenters. The average molecular weight is 427 g/mol. The van der Waals surface area contributed by atoms with Crippen LogP contribution in [0.1, 0.15) is 18.4 Å². The maximum Gasteiger partial charge on any atom is 0.264 e. The maximum atomic E-state index is 13.3. The van der Waals surface area contributed by atoms with Gasteiger partial charge in [-0.05, 0) is 50.1 Å². The van der Waals surface area contributed by atoms with Crippen LogP contribution in [0.25, 0.3) is 0 Å². The van der Waals surface area contributed by atoms with E-state index in [4.69, 9.17) is 23.2 Å². The monoisotopic (exact) mass is 426 g/mol. The van der Waals surface area contributed by atoms with E-state index in [1.54, 1.807) is 23.1 Å². The molecule has 0 N–H and O–H groups in total. The fourth-order valence-electron chi connectivity index (χ4n) is 2.98. The van der Waals surface area contributed by atoms with E-state index in [0.29, 0.717) is 23.8 Å². The number of hydrogen-bond acceptors (Lipinski definition) is 3. The highest BCUT2D eigenvalue weighted by molar-refractivity contribution is 7.92. The number of carbonyl (C=O) groups is 1. The van der Waals surface area contributed by atoms with Crippen LogP contribution in [-0.2, 0) is 14.8 Å². The molecule has 0 spiro atoms. The molecule has 8 heteroatoms. The first kappa shape index (κ1) is 20.0. The Hall–Kier alpha value is -1.76. The number of carbonyl (C=O) groups excluding carboxylic acids is 1. The highest BCUT2D eigenvalue weighted by atomic mass is 35.5. The molecule has 2 aromatic rings. The summed E-state index contributed by atoms with van der Waals surface area (Å²) in [5, 5.41) is 0.547. The van der Waals surface area contributed by atoms with Crippen LogP contribution in [0.5, 0.6) is 0 Å². The van der Waals surface area contributed by atoms with Crippen molar-refractivity contribution in [2.75, 3.05) is 23.9 Å². The predicted octanol–water partition coefficient (Wildman–Crippen LogP) is 4.12. The average Bonchev–Trinajstić information content (AvgIpc) is 3.17. The second-order valence-electron chi connectivity index (χ2n) is 6.51. The SMILES string of the molecule is Cc1ccc(S(=O)(=O)N(CC(=O)N2CCCC2)c2ccc(Cl)c(Cl)c2)cc1. The minimum Gasteiger partial charge on any atom is -0.341 e. The third-order valence-electron chi connectivity index (χ3n) is 4.54. The number of aryl methyl sites for hydroxylation is 1. The Morgan fingerprint density at radius 3 is 2.26 bits per heavy atom. The Morgan fingerprint density at radius 1 is 1.04 bits per heavy atom. The first-order chi connectivity index (χ1) is 12.8. The van der Waals surface area contributed by atoms with Crippen LogP contribution in [0.3, 0.4) is 0 Å². The molecule has 144 valence electrons. The number of benzene rings is 2. The summed E-state index contributed by atoms with van der Waals surface area (Å²) in [6.07, 6.45) is 1.87. The van der Waals surface area contributed by atoms with Crippen molar-refractivity contribution in [3.05, 3.63) is 58.1 Å². The van der Waals surface area contributed by atoms with Crippen molar-refractivity contribution in [3.8, 4) is 0 Å². The molecule has 3 rings (SSSR count). The number of sulfonamides is 1. The predicted molar refractivity (Wildman–Crippen MR) is 108 cm³/mol. The third-order valence-corrected chi connectivity index (χ3v) is 7.06. The maximum absolute atomic E-state index is 13.3. The normalized spacial score (nSPS) is 14.4. The van der Waals surface area contributed by atoms with Gasteiger partial charge in [0.25, 0.3) is 10.0 Å². The van der Waals surface area contributed by atoms with Crippen molar-refractivity contribution in [2.24, 2.45) is 0 Å². The van der Waals surface area contributed by atoms with Crippen LogP contribution < -0.4 is 4.31 Å². The molecule has 5 nitrogen and oxygen atoms in total. The zero-order valence-corrected chi connectivity index (χ0v) is 17.2. The summed E-state index contributed by atoms with van der Waals surface area (Å²) in [5.41, 5.74) is 1.25. The lowest BCUT2D eigenvalue weighted by Gasteiger charge is -2.26. The molecule has 0 atom stereocenters. The van der Waals surface area contributed by atoms with Crippen molar-refractivity contribution >= 4 is 44.8 Å².